The highest BCUT2D eigenvalue weighted by molar-refractivity contribution is 5.77. The smallest absolute Gasteiger partial charge is 0.312 e. The number of hydrogen-bond donors (Lipinski definition) is 0. The van der Waals surface area contributed by atoms with Crippen molar-refractivity contribution in [2.75, 3.05) is 31.1 Å². The van der Waals surface area contributed by atoms with Crippen LogP contribution in [0.5, 0.6) is 0 Å². The van der Waals surface area contributed by atoms with Crippen LogP contribution in [0.4, 0.5) is 11.6 Å². The van der Waals surface area contributed by atoms with Crippen molar-refractivity contribution in [1.29, 1.82) is 0 Å². The minimum atomic E-state index is -0.287. The zero-order chi connectivity index (χ0) is 22.4. The van der Waals surface area contributed by atoms with Crippen molar-refractivity contribution in [2.45, 2.75) is 46.2 Å². The molecule has 2 aromatic heterocycles. The largest absolute Gasteiger partial charge is 0.332 e. The first-order valence-electron chi connectivity index (χ1n) is 11.7. The third-order valence-corrected chi connectivity index (χ3v) is 6.88. The number of nitrogens with zero attached hydrogens (tertiary/aromatic N) is 6. The quantitative estimate of drug-likeness (QED) is 0.629. The monoisotopic (exact) mass is 436 g/mol. The molecule has 1 aromatic carbocycles. The molecule has 0 radical (unpaired) electrons. The van der Waals surface area contributed by atoms with Crippen LogP contribution in [0.25, 0.3) is 11.2 Å². The summed E-state index contributed by atoms with van der Waals surface area (Å²) < 4.78 is 4.96. The van der Waals surface area contributed by atoms with Crippen molar-refractivity contribution in [2.24, 2.45) is 13.0 Å². The van der Waals surface area contributed by atoms with Crippen LogP contribution in [0.1, 0.15) is 31.7 Å². The third-order valence-electron chi connectivity index (χ3n) is 6.88. The summed E-state index contributed by atoms with van der Waals surface area (Å²) in [4.78, 5) is 36.0. The Bertz CT molecular complexity index is 1250. The van der Waals surface area contributed by atoms with Gasteiger partial charge in [0.2, 0.25) is 5.95 Å². The van der Waals surface area contributed by atoms with E-state index in [1.807, 2.05) is 4.57 Å². The lowest BCUT2D eigenvalue weighted by atomic mass is 10.1. The third kappa shape index (κ3) is 3.56. The van der Waals surface area contributed by atoms with Crippen molar-refractivity contribution < 1.29 is 0 Å². The van der Waals surface area contributed by atoms with E-state index < -0.39 is 0 Å². The molecular formula is C24H32N6O2. The maximum absolute atomic E-state index is 13.6. The fourth-order valence-corrected chi connectivity index (χ4v) is 5.07. The van der Waals surface area contributed by atoms with Crippen LogP contribution in [0.3, 0.4) is 0 Å². The summed E-state index contributed by atoms with van der Waals surface area (Å²) in [6.07, 6.45) is 3.64. The number of imidazole rings is 1. The van der Waals surface area contributed by atoms with Gasteiger partial charge in [-0.05, 0) is 50.9 Å². The Morgan fingerprint density at radius 2 is 1.72 bits per heavy atom. The lowest BCUT2D eigenvalue weighted by molar-refractivity contribution is 0.218. The van der Waals surface area contributed by atoms with Crippen molar-refractivity contribution in [3.05, 3.63) is 50.7 Å². The molecule has 170 valence electrons. The van der Waals surface area contributed by atoms with Crippen LogP contribution in [-0.4, -0.2) is 49.8 Å². The molecule has 1 fully saturated rings. The van der Waals surface area contributed by atoms with E-state index in [1.165, 1.54) is 34.0 Å². The van der Waals surface area contributed by atoms with Crippen molar-refractivity contribution in [3.63, 3.8) is 0 Å². The molecular weight excluding hydrogens is 404 g/mol. The fraction of sp³-hybridized carbons (Fsp3) is 0.542. The van der Waals surface area contributed by atoms with Crippen LogP contribution in [0, 0.1) is 12.8 Å². The summed E-state index contributed by atoms with van der Waals surface area (Å²) in [5.74, 6) is 1.09. The van der Waals surface area contributed by atoms with E-state index in [0.29, 0.717) is 30.2 Å². The van der Waals surface area contributed by atoms with E-state index in [4.69, 9.17) is 4.98 Å². The van der Waals surface area contributed by atoms with Gasteiger partial charge in [0, 0.05) is 38.9 Å². The number of aryl methyl sites for hydroxylation is 2. The summed E-state index contributed by atoms with van der Waals surface area (Å²) in [5.41, 5.74) is 2.74. The van der Waals surface area contributed by atoms with Crippen molar-refractivity contribution in [3.8, 4) is 0 Å². The number of fused-ring (bicyclic) bond motifs is 3. The highest BCUT2D eigenvalue weighted by atomic mass is 16.2. The van der Waals surface area contributed by atoms with Gasteiger partial charge in [0.1, 0.15) is 0 Å². The highest BCUT2D eigenvalue weighted by Crippen LogP contribution is 2.32. The Morgan fingerprint density at radius 3 is 2.44 bits per heavy atom. The van der Waals surface area contributed by atoms with Gasteiger partial charge >= 0.3 is 5.69 Å². The molecule has 8 nitrogen and oxygen atoms in total. The SMILES string of the molecule is Cc1ccc(N2C[C@H](C)Cn3c2nc2c3c(=O)n(CCN3CCCCC3)c(=O)n2C)cc1. The van der Waals surface area contributed by atoms with E-state index in [2.05, 4.69) is 47.9 Å². The molecule has 0 unspecified atom stereocenters. The van der Waals surface area contributed by atoms with E-state index in [0.717, 1.165) is 37.8 Å². The molecule has 0 bridgehead atoms. The first-order chi connectivity index (χ1) is 15.4. The Labute approximate surface area is 187 Å². The number of aromatic nitrogens is 4. The molecule has 32 heavy (non-hydrogen) atoms. The molecule has 0 saturated carbocycles. The molecule has 2 aliphatic heterocycles. The van der Waals surface area contributed by atoms with Gasteiger partial charge in [-0.25, -0.2) is 4.79 Å². The van der Waals surface area contributed by atoms with Gasteiger partial charge in [0.15, 0.2) is 11.2 Å². The topological polar surface area (TPSA) is 68.3 Å². The Kier molecular flexibility index (Phi) is 5.41. The lowest BCUT2D eigenvalue weighted by Gasteiger charge is -2.33. The van der Waals surface area contributed by atoms with Gasteiger partial charge in [-0.2, -0.15) is 4.98 Å². The normalized spacial score (nSPS) is 19.5. The van der Waals surface area contributed by atoms with E-state index in [9.17, 15) is 9.59 Å². The molecule has 0 spiro atoms. The average Bonchev–Trinajstić information content (AvgIpc) is 3.18. The summed E-state index contributed by atoms with van der Waals surface area (Å²) >= 11 is 0. The van der Waals surface area contributed by atoms with E-state index in [1.54, 1.807) is 7.05 Å². The number of anilines is 2. The maximum Gasteiger partial charge on any atom is 0.332 e. The van der Waals surface area contributed by atoms with Gasteiger partial charge in [0.25, 0.3) is 5.56 Å². The van der Waals surface area contributed by atoms with Gasteiger partial charge in [0.05, 0.1) is 0 Å². The second-order valence-corrected chi connectivity index (χ2v) is 9.45. The molecule has 4 heterocycles. The van der Waals surface area contributed by atoms with Gasteiger partial charge in [-0.1, -0.05) is 31.0 Å². The lowest BCUT2D eigenvalue weighted by Crippen LogP contribution is -2.43. The van der Waals surface area contributed by atoms with Crippen LogP contribution >= 0.6 is 0 Å². The van der Waals surface area contributed by atoms with Gasteiger partial charge < -0.3 is 14.4 Å². The molecule has 1 saturated heterocycles. The van der Waals surface area contributed by atoms with Crippen LogP contribution in [0.15, 0.2) is 33.9 Å². The molecule has 0 aliphatic carbocycles. The number of likely N-dealkylation sites (tertiary alicyclic amines) is 1. The summed E-state index contributed by atoms with van der Waals surface area (Å²) in [5, 5.41) is 0. The summed E-state index contributed by atoms with van der Waals surface area (Å²) in [6.45, 7) is 9.03. The van der Waals surface area contributed by atoms with Crippen LogP contribution < -0.4 is 16.1 Å². The minimum absolute atomic E-state index is 0.225. The Balaban J connectivity index is 1.60. The van der Waals surface area contributed by atoms with Crippen LogP contribution in [0.2, 0.25) is 0 Å². The van der Waals surface area contributed by atoms with Crippen molar-refractivity contribution in [1.82, 2.24) is 23.6 Å². The van der Waals surface area contributed by atoms with Crippen LogP contribution in [-0.2, 0) is 20.1 Å². The highest BCUT2D eigenvalue weighted by Gasteiger charge is 2.29. The molecule has 0 amide bonds. The fourth-order valence-electron chi connectivity index (χ4n) is 5.07. The zero-order valence-electron chi connectivity index (χ0n) is 19.3. The number of hydrogen-bond acceptors (Lipinski definition) is 5. The molecule has 5 rings (SSSR count). The first kappa shape index (κ1) is 21.0. The predicted molar refractivity (Wildman–Crippen MR) is 127 cm³/mol. The second-order valence-electron chi connectivity index (χ2n) is 9.45. The Hall–Kier alpha value is -2.87. The number of benzene rings is 1. The average molecular weight is 437 g/mol. The molecule has 1 atom stereocenters. The van der Waals surface area contributed by atoms with Gasteiger partial charge in [-0.3, -0.25) is 13.9 Å². The summed E-state index contributed by atoms with van der Waals surface area (Å²) in [6, 6.07) is 8.36. The Morgan fingerprint density at radius 1 is 1.00 bits per heavy atom. The molecule has 8 heteroatoms. The van der Waals surface area contributed by atoms with Gasteiger partial charge in [-0.15, -0.1) is 0 Å². The predicted octanol–water partition coefficient (Wildman–Crippen LogP) is 2.48. The minimum Gasteiger partial charge on any atom is -0.312 e. The van der Waals surface area contributed by atoms with E-state index >= 15 is 0 Å². The maximum atomic E-state index is 13.6. The standard InChI is InChI=1S/C24H32N6O2/c1-17-7-9-19(10-8-17)29-15-18(2)16-30-20-21(25-23(29)30)26(3)24(32)28(22(20)31)14-13-27-11-5-4-6-12-27/h7-10,18H,4-6,11-16H2,1-3H3/t18-/m0/s1. The summed E-state index contributed by atoms with van der Waals surface area (Å²) in [7, 11) is 1.72. The number of rotatable bonds is 4. The molecule has 0 N–H and O–H groups in total. The number of piperidine rings is 1. The molecule has 3 aromatic rings. The van der Waals surface area contributed by atoms with Crippen molar-refractivity contribution >= 4 is 22.8 Å². The zero-order valence-corrected chi connectivity index (χ0v) is 19.3. The first-order valence-corrected chi connectivity index (χ1v) is 11.7. The van der Waals surface area contributed by atoms with E-state index in [-0.39, 0.29) is 11.2 Å². The molecule has 2 aliphatic rings. The second kappa shape index (κ2) is 8.24.